The zero-order valence-corrected chi connectivity index (χ0v) is 16.5. The van der Waals surface area contributed by atoms with E-state index in [-0.39, 0.29) is 18.5 Å². The fourth-order valence-electron chi connectivity index (χ4n) is 3.41. The molecule has 3 heterocycles. The number of carbonyl (C=O) groups excluding carboxylic acids is 2. The molecule has 2 aliphatic rings. The van der Waals surface area contributed by atoms with Crippen molar-refractivity contribution in [3.05, 3.63) is 30.0 Å². The van der Waals surface area contributed by atoms with Gasteiger partial charge in [0.15, 0.2) is 0 Å². The molecule has 0 atom stereocenters. The van der Waals surface area contributed by atoms with E-state index in [0.717, 1.165) is 23.1 Å². The zero-order valence-electron chi connectivity index (χ0n) is 16.5. The Morgan fingerprint density at radius 3 is 2.68 bits per heavy atom. The Kier molecular flexibility index (Phi) is 6.41. The Bertz CT molecular complexity index is 784. The number of aldehydes is 1. The molecule has 1 aromatic rings. The molecule has 1 aromatic heterocycles. The van der Waals surface area contributed by atoms with Gasteiger partial charge in [0.25, 0.3) is 0 Å². The number of urea groups is 1. The highest BCUT2D eigenvalue weighted by Gasteiger charge is 2.32. The van der Waals surface area contributed by atoms with Gasteiger partial charge in [-0.05, 0) is 25.8 Å². The summed E-state index contributed by atoms with van der Waals surface area (Å²) in [5.41, 5.74) is 2.40. The average Bonchev–Trinajstić information content (AvgIpc) is 3.11. The summed E-state index contributed by atoms with van der Waals surface area (Å²) in [4.78, 5) is 37.1. The van der Waals surface area contributed by atoms with E-state index in [1.165, 1.54) is 0 Å². The van der Waals surface area contributed by atoms with Gasteiger partial charge in [-0.25, -0.2) is 9.78 Å². The van der Waals surface area contributed by atoms with Crippen molar-refractivity contribution < 1.29 is 14.3 Å². The number of hydrogen-bond donors (Lipinski definition) is 1. The lowest BCUT2D eigenvalue weighted by atomic mass is 10.0. The van der Waals surface area contributed by atoms with Crippen molar-refractivity contribution in [3.63, 3.8) is 0 Å². The maximum Gasteiger partial charge on any atom is 0.323 e. The number of aromatic nitrogens is 2. The van der Waals surface area contributed by atoms with E-state index >= 15 is 0 Å². The van der Waals surface area contributed by atoms with Gasteiger partial charge in [-0.3, -0.25) is 4.90 Å². The van der Waals surface area contributed by atoms with Crippen LogP contribution in [0.3, 0.4) is 0 Å². The predicted molar refractivity (Wildman–Crippen MR) is 109 cm³/mol. The van der Waals surface area contributed by atoms with Crippen LogP contribution < -0.4 is 15.1 Å². The Hall–Kier alpha value is -2.74. The number of amides is 2. The number of ether oxygens (including phenoxy) is 1. The van der Waals surface area contributed by atoms with E-state index in [0.29, 0.717) is 51.0 Å². The minimum absolute atomic E-state index is 0.0304. The van der Waals surface area contributed by atoms with E-state index in [4.69, 9.17) is 14.7 Å². The molecule has 28 heavy (non-hydrogen) atoms. The highest BCUT2D eigenvalue weighted by atomic mass is 16.5. The first-order chi connectivity index (χ1) is 13.5. The number of fused-ring (bicyclic) bond motifs is 1. The monoisotopic (exact) mass is 385 g/mol. The van der Waals surface area contributed by atoms with Crippen molar-refractivity contribution in [2.75, 3.05) is 42.6 Å². The third-order valence-corrected chi connectivity index (χ3v) is 4.69. The standard InChI is InChI=1S/C20H27N5O3/c1-4-5-15(7-11-26)17-16-6-8-25(20(27)21-14(2)3)18(16)23-19(22-17)24-9-12-28-13-10-24/h4-5,11,14H,1,6-10,12-13H2,2-3H3,(H,21,27). The molecule has 1 N–H and O–H groups in total. The number of rotatable bonds is 6. The number of allylic oxidation sites excluding steroid dienone is 3. The van der Waals surface area contributed by atoms with Crippen LogP contribution in [-0.4, -0.2) is 61.2 Å². The second-order valence-electron chi connectivity index (χ2n) is 7.08. The van der Waals surface area contributed by atoms with Crippen LogP contribution in [0.25, 0.3) is 5.57 Å². The van der Waals surface area contributed by atoms with Crippen molar-refractivity contribution in [2.24, 2.45) is 0 Å². The second-order valence-corrected chi connectivity index (χ2v) is 7.08. The van der Waals surface area contributed by atoms with Gasteiger partial charge in [0.1, 0.15) is 12.1 Å². The SMILES string of the molecule is C=CC=C(CC=O)c1nc(N2CCOCC2)nc2c1CCN2C(=O)NC(C)C. The van der Waals surface area contributed by atoms with Crippen LogP contribution in [0.5, 0.6) is 0 Å². The number of morpholine rings is 1. The van der Waals surface area contributed by atoms with Crippen LogP contribution in [0.1, 0.15) is 31.5 Å². The molecule has 8 heteroatoms. The van der Waals surface area contributed by atoms with Crippen molar-refractivity contribution in [1.29, 1.82) is 0 Å². The minimum Gasteiger partial charge on any atom is -0.378 e. The maximum absolute atomic E-state index is 12.7. The molecule has 150 valence electrons. The third-order valence-electron chi connectivity index (χ3n) is 4.69. The highest BCUT2D eigenvalue weighted by molar-refractivity contribution is 5.94. The van der Waals surface area contributed by atoms with E-state index in [9.17, 15) is 9.59 Å². The van der Waals surface area contributed by atoms with Crippen LogP contribution >= 0.6 is 0 Å². The Morgan fingerprint density at radius 1 is 1.29 bits per heavy atom. The molecule has 0 radical (unpaired) electrons. The zero-order chi connectivity index (χ0) is 20.1. The van der Waals surface area contributed by atoms with E-state index < -0.39 is 0 Å². The normalized spacial score (nSPS) is 16.9. The molecule has 0 aromatic carbocycles. The van der Waals surface area contributed by atoms with Crippen molar-refractivity contribution in [1.82, 2.24) is 15.3 Å². The first kappa shape index (κ1) is 20.0. The predicted octanol–water partition coefficient (Wildman–Crippen LogP) is 1.95. The molecule has 1 fully saturated rings. The molecule has 3 rings (SSSR count). The van der Waals surface area contributed by atoms with Crippen molar-refractivity contribution in [3.8, 4) is 0 Å². The second kappa shape index (κ2) is 8.97. The minimum atomic E-state index is -0.170. The summed E-state index contributed by atoms with van der Waals surface area (Å²) in [7, 11) is 0. The van der Waals surface area contributed by atoms with E-state index in [2.05, 4.69) is 16.8 Å². The van der Waals surface area contributed by atoms with Gasteiger partial charge in [-0.2, -0.15) is 4.98 Å². The van der Waals surface area contributed by atoms with Gasteiger partial charge in [0, 0.05) is 37.7 Å². The topological polar surface area (TPSA) is 87.7 Å². The molecule has 8 nitrogen and oxygen atoms in total. The first-order valence-electron chi connectivity index (χ1n) is 9.62. The molecule has 0 aliphatic carbocycles. The summed E-state index contributed by atoms with van der Waals surface area (Å²) >= 11 is 0. The molecular weight excluding hydrogens is 358 g/mol. The molecule has 2 amide bonds. The molecule has 2 aliphatic heterocycles. The molecule has 0 unspecified atom stereocenters. The summed E-state index contributed by atoms with van der Waals surface area (Å²) < 4.78 is 5.43. The van der Waals surface area contributed by atoms with Gasteiger partial charge in [-0.15, -0.1) is 0 Å². The smallest absolute Gasteiger partial charge is 0.323 e. The summed E-state index contributed by atoms with van der Waals surface area (Å²) in [6, 6.07) is -0.140. The number of nitrogens with one attached hydrogen (secondary N) is 1. The lowest BCUT2D eigenvalue weighted by Gasteiger charge is -2.28. The van der Waals surface area contributed by atoms with Crippen LogP contribution in [-0.2, 0) is 16.0 Å². The number of nitrogens with zero attached hydrogens (tertiary/aromatic N) is 4. The molecule has 0 spiro atoms. The molecule has 1 saturated heterocycles. The van der Waals surface area contributed by atoms with Crippen LogP contribution in [0.15, 0.2) is 18.7 Å². The molecular formula is C20H27N5O3. The summed E-state index contributed by atoms with van der Waals surface area (Å²) in [5.74, 6) is 1.17. The highest BCUT2D eigenvalue weighted by Crippen LogP contribution is 2.34. The van der Waals surface area contributed by atoms with Gasteiger partial charge in [0.05, 0.1) is 18.9 Å². The molecule has 0 saturated carbocycles. The fraction of sp³-hybridized carbons (Fsp3) is 0.500. The maximum atomic E-state index is 12.7. The summed E-state index contributed by atoms with van der Waals surface area (Å²) in [5, 5.41) is 2.93. The summed E-state index contributed by atoms with van der Waals surface area (Å²) in [6.45, 7) is 10.7. The fourth-order valence-corrected chi connectivity index (χ4v) is 3.41. The van der Waals surface area contributed by atoms with Gasteiger partial charge in [-0.1, -0.05) is 18.7 Å². The van der Waals surface area contributed by atoms with Gasteiger partial charge in [0.2, 0.25) is 5.95 Å². The van der Waals surface area contributed by atoms with Gasteiger partial charge < -0.3 is 19.7 Å². The van der Waals surface area contributed by atoms with Crippen LogP contribution in [0.2, 0.25) is 0 Å². The average molecular weight is 385 g/mol. The molecule has 0 bridgehead atoms. The number of carbonyl (C=O) groups is 2. The Balaban J connectivity index is 2.07. The Morgan fingerprint density at radius 2 is 2.04 bits per heavy atom. The Labute approximate surface area is 165 Å². The quantitative estimate of drug-likeness (QED) is 0.595. The van der Waals surface area contributed by atoms with Crippen LogP contribution in [0.4, 0.5) is 16.6 Å². The lowest BCUT2D eigenvalue weighted by Crippen LogP contribution is -2.43. The third kappa shape index (κ3) is 4.22. The number of anilines is 2. The van der Waals surface area contributed by atoms with Crippen molar-refractivity contribution >= 4 is 29.7 Å². The van der Waals surface area contributed by atoms with Gasteiger partial charge >= 0.3 is 6.03 Å². The van der Waals surface area contributed by atoms with Crippen molar-refractivity contribution in [2.45, 2.75) is 32.7 Å². The largest absolute Gasteiger partial charge is 0.378 e. The summed E-state index contributed by atoms with van der Waals surface area (Å²) in [6.07, 6.45) is 5.19. The lowest BCUT2D eigenvalue weighted by molar-refractivity contribution is -0.107. The first-order valence-corrected chi connectivity index (χ1v) is 9.62. The number of hydrogen-bond acceptors (Lipinski definition) is 6. The van der Waals surface area contributed by atoms with E-state index in [1.807, 2.05) is 13.8 Å². The van der Waals surface area contributed by atoms with E-state index in [1.54, 1.807) is 17.1 Å². The van der Waals surface area contributed by atoms with Crippen LogP contribution in [0, 0.1) is 0 Å².